The molecule has 11 aliphatic heterocycles. The van der Waals surface area contributed by atoms with Crippen LogP contribution in [0.25, 0.3) is 0 Å². The SMILES string of the molecule is CC(=O)N[C@@H]1[C@@H](O)[C@H](O[C@H]2O[C@H](CO)[C@@H](O[C@@H]3O[C@H](CO[C@H]4O[C@H](CO[C@H]5O[C@H](CO)[C@@H](O)[C@H](O)[C@@H]5O[C@H]5O[C@H](CO)[C@@H](O)[C@H](O)[C@@H]5O)[C@@H](O)[C@H](O[C@H]5O[C@H](CO)[C@@H](O)[C@H](O)[C@@H]5O[C@H]5O[C@H](CO)[C@@H](O)[C@H](O)[C@@H]5O)[C@@H]4O)[C@@H](O)[C@H](O[C@H]4O[C@H](CO)[C@@H](O)[C@H](O)[C@@H]4O[C@H]4O[C@H](CO)[C@@H](O)[C@H](O)[C@@H]4O[C@H]4O[C@H](CO)[C@@H](O)[C@H](O)[C@@H]4O)[C@@H]3O)[C@H](O)[C@H]2NC(C)=O)[C@@H](CO)O[C@H]1O. The van der Waals surface area contributed by atoms with Gasteiger partial charge in [0.25, 0.3) is 0 Å². The van der Waals surface area contributed by atoms with E-state index in [-0.39, 0.29) is 0 Å². The van der Waals surface area contributed by atoms with Crippen molar-refractivity contribution in [2.45, 2.75) is 351 Å². The number of carbonyl (C=O) groups excluding carboxylic acids is 2. The second kappa shape index (κ2) is 45.8. The Hall–Kier alpha value is -3.22. The van der Waals surface area contributed by atoms with Crippen LogP contribution in [-0.4, -0.2) is 591 Å². The highest BCUT2D eigenvalue weighted by Crippen LogP contribution is 2.42. The molecule has 11 heterocycles. The van der Waals surface area contributed by atoms with E-state index in [2.05, 4.69) is 10.6 Å². The lowest BCUT2D eigenvalue weighted by atomic mass is 9.94. The fourth-order valence-corrected chi connectivity index (χ4v) is 16.5. The lowest BCUT2D eigenvalue weighted by Gasteiger charge is -2.51. The Morgan fingerprint density at radius 1 is 0.203 bits per heavy atom. The summed E-state index contributed by atoms with van der Waals surface area (Å²) < 4.78 is 124. The number of nitrogens with one attached hydrogen (secondary N) is 2. The molecular formula is C70H118N2O56. The third-order valence-corrected chi connectivity index (χ3v) is 23.8. The van der Waals surface area contributed by atoms with Crippen LogP contribution in [0.2, 0.25) is 0 Å². The first-order valence-corrected chi connectivity index (χ1v) is 40.7. The topological polar surface area (TPSA) is 920 Å². The first-order valence-electron chi connectivity index (χ1n) is 40.7. The van der Waals surface area contributed by atoms with E-state index < -0.39 is 422 Å². The fourth-order valence-electron chi connectivity index (χ4n) is 16.5. The normalized spacial score (nSPS) is 51.7. The van der Waals surface area contributed by atoms with Gasteiger partial charge in [0.05, 0.1) is 72.7 Å². The van der Waals surface area contributed by atoms with Crippen LogP contribution in [0.3, 0.4) is 0 Å². The maximum absolute atomic E-state index is 13.1. The van der Waals surface area contributed by atoms with E-state index in [1.165, 1.54) is 0 Å². The van der Waals surface area contributed by atoms with Crippen molar-refractivity contribution in [2.75, 3.05) is 72.7 Å². The van der Waals surface area contributed by atoms with Crippen LogP contribution in [0, 0.1) is 0 Å². The molecule has 128 heavy (non-hydrogen) atoms. The number of carbonyl (C=O) groups is 2. The summed E-state index contributed by atoms with van der Waals surface area (Å²) in [5.41, 5.74) is 0. The molecule has 0 spiro atoms. The molecule has 0 aromatic heterocycles. The molecular weight excluding hydrogens is 1760 g/mol. The molecule has 35 N–H and O–H groups in total. The van der Waals surface area contributed by atoms with Crippen molar-refractivity contribution in [1.82, 2.24) is 10.6 Å². The monoisotopic (exact) mass is 1880 g/mol. The molecule has 11 rings (SSSR count). The molecule has 11 fully saturated rings. The van der Waals surface area contributed by atoms with Gasteiger partial charge in [-0.25, -0.2) is 0 Å². The molecule has 58 nitrogen and oxygen atoms in total. The average Bonchev–Trinajstić information content (AvgIpc) is 0.758. The highest BCUT2D eigenvalue weighted by Gasteiger charge is 2.62. The number of hydrogen-bond acceptors (Lipinski definition) is 56. The van der Waals surface area contributed by atoms with Crippen molar-refractivity contribution in [2.24, 2.45) is 0 Å². The summed E-state index contributed by atoms with van der Waals surface area (Å²) in [5.74, 6) is -1.82. The molecule has 0 saturated carbocycles. The Morgan fingerprint density at radius 3 is 0.773 bits per heavy atom. The first kappa shape index (κ1) is 105. The number of hydrogen-bond donors (Lipinski definition) is 35. The zero-order chi connectivity index (χ0) is 94.0. The summed E-state index contributed by atoms with van der Waals surface area (Å²) in [5, 5.41) is 372. The van der Waals surface area contributed by atoms with Crippen molar-refractivity contribution >= 4 is 11.8 Å². The van der Waals surface area contributed by atoms with E-state index in [0.29, 0.717) is 0 Å². The van der Waals surface area contributed by atoms with Gasteiger partial charge in [0.15, 0.2) is 69.2 Å². The Bertz CT molecular complexity index is 3380. The smallest absolute Gasteiger partial charge is 0.217 e. The number of rotatable bonds is 33. The van der Waals surface area contributed by atoms with Crippen molar-refractivity contribution in [1.29, 1.82) is 0 Å². The third kappa shape index (κ3) is 22.5. The van der Waals surface area contributed by atoms with E-state index in [9.17, 15) is 178 Å². The Labute approximate surface area is 722 Å². The Morgan fingerprint density at radius 2 is 0.430 bits per heavy atom. The van der Waals surface area contributed by atoms with Crippen LogP contribution in [0.15, 0.2) is 0 Å². The molecule has 0 radical (unpaired) electrons. The van der Waals surface area contributed by atoms with Gasteiger partial charge in [-0.15, -0.1) is 0 Å². The highest BCUT2D eigenvalue weighted by atomic mass is 16.8. The van der Waals surface area contributed by atoms with Gasteiger partial charge in [-0.2, -0.15) is 0 Å². The molecule has 0 aromatic rings. The minimum Gasteiger partial charge on any atom is -0.394 e. The van der Waals surface area contributed by atoms with Crippen LogP contribution in [0.1, 0.15) is 13.8 Å². The van der Waals surface area contributed by atoms with Gasteiger partial charge < -0.3 is 279 Å². The molecule has 0 unspecified atom stereocenters. The summed E-state index contributed by atoms with van der Waals surface area (Å²) in [7, 11) is 0. The average molecular weight is 1880 g/mol. The lowest BCUT2D eigenvalue weighted by molar-refractivity contribution is -0.408. The van der Waals surface area contributed by atoms with E-state index >= 15 is 0 Å². The standard InChI is InChI=1S/C70H118N2O56/c1-14(82)71-27-38(93)52(23(10-80)110-60(27)107)121-61-28(72-15(2)83)39(94)53(24(11-81)118-61)122-66-51(106)55(124-69-59(46(101)35(90)21(8-78)116-69)128-70-58(45(100)34(89)22(9-79)117-70)127-65-49(104)42(97)31(86)18(5-75)113-65)37(92)26(120-66)12-108-62-50(105)54(123-68-57(44(99)33(88)20(7-77)115-68)126-64-48(103)41(96)30(85)17(4-74)112-64)36(91)25(119-62)13-109-67-56(43(98)32(87)19(6-76)114-67)125-63-47(102)40(95)29(84)16(3-73)111-63/h16-70,73-81,84-107H,3-13H2,1-2H3,(H,71,82)(H,72,83)/t16-,17-,18-,19-,20-,21-,22-,23-,24-,25-,26-,27-,28-,29-,30-,31-,32-,33-,34-,35-,36-,37-,38-,39-,40+,41+,42+,43+,44+,45+,46+,47+,48+,49+,50+,51+,52-,53-,54+,55+,56+,57+,58+,59+,60-,61-,62+,63-,64-,65-,66+,67+,68-,69-,70-/m1/s1. The molecule has 2 amide bonds. The summed E-state index contributed by atoms with van der Waals surface area (Å²) in [6.07, 6.45) is -117. The summed E-state index contributed by atoms with van der Waals surface area (Å²) >= 11 is 0. The molecule has 0 bridgehead atoms. The van der Waals surface area contributed by atoms with Crippen LogP contribution in [0.4, 0.5) is 0 Å². The second-order valence-electron chi connectivity index (χ2n) is 32.3. The van der Waals surface area contributed by atoms with Crippen molar-refractivity contribution in [3.8, 4) is 0 Å². The first-order chi connectivity index (χ1) is 60.7. The summed E-state index contributed by atoms with van der Waals surface area (Å²) in [4.78, 5) is 25.4. The molecule has 11 saturated heterocycles. The molecule has 11 aliphatic rings. The summed E-state index contributed by atoms with van der Waals surface area (Å²) in [6.45, 7) is -10.9. The van der Waals surface area contributed by atoms with Crippen LogP contribution in [0.5, 0.6) is 0 Å². The van der Waals surface area contributed by atoms with Gasteiger partial charge >= 0.3 is 0 Å². The lowest BCUT2D eigenvalue weighted by Crippen LogP contribution is -2.70. The van der Waals surface area contributed by atoms with Gasteiger partial charge in [0.1, 0.15) is 268 Å². The molecule has 0 aromatic carbocycles. The number of ether oxygens (including phenoxy) is 21. The highest BCUT2D eigenvalue weighted by molar-refractivity contribution is 5.73. The maximum Gasteiger partial charge on any atom is 0.217 e. The predicted molar refractivity (Wildman–Crippen MR) is 386 cm³/mol. The minimum atomic E-state index is -2.69. The van der Waals surface area contributed by atoms with Gasteiger partial charge in [0, 0.05) is 13.8 Å². The van der Waals surface area contributed by atoms with Crippen molar-refractivity contribution in [3.05, 3.63) is 0 Å². The molecule has 58 heteroatoms. The Kier molecular flexibility index (Phi) is 37.7. The van der Waals surface area contributed by atoms with Crippen molar-refractivity contribution in [3.63, 3.8) is 0 Å². The third-order valence-electron chi connectivity index (χ3n) is 23.8. The van der Waals surface area contributed by atoms with Gasteiger partial charge in [0.2, 0.25) is 11.8 Å². The van der Waals surface area contributed by atoms with E-state index in [4.69, 9.17) is 99.5 Å². The molecule has 55 atom stereocenters. The zero-order valence-corrected chi connectivity index (χ0v) is 67.7. The van der Waals surface area contributed by atoms with E-state index in [1.54, 1.807) is 0 Å². The number of aliphatic hydroxyl groups excluding tert-OH is 33. The second-order valence-corrected chi connectivity index (χ2v) is 32.3. The quantitative estimate of drug-likeness (QED) is 0.0290. The van der Waals surface area contributed by atoms with Gasteiger partial charge in [-0.3, -0.25) is 9.59 Å². The number of aliphatic hydroxyl groups is 33. The van der Waals surface area contributed by atoms with Crippen LogP contribution < -0.4 is 10.6 Å². The summed E-state index contributed by atoms with van der Waals surface area (Å²) in [6, 6.07) is -3.71. The van der Waals surface area contributed by atoms with Gasteiger partial charge in [-0.05, 0) is 0 Å². The Balaban J connectivity index is 0.961. The van der Waals surface area contributed by atoms with Gasteiger partial charge in [-0.1, -0.05) is 0 Å². The largest absolute Gasteiger partial charge is 0.394 e. The molecule has 0 aliphatic carbocycles. The maximum atomic E-state index is 13.1. The fraction of sp³-hybridized carbons (Fsp3) is 0.971. The van der Waals surface area contributed by atoms with Crippen LogP contribution >= 0.6 is 0 Å². The predicted octanol–water partition coefficient (Wildman–Crippen LogP) is -24.7. The van der Waals surface area contributed by atoms with Crippen molar-refractivity contribution < 1.29 is 278 Å². The zero-order valence-electron chi connectivity index (χ0n) is 67.7. The minimum absolute atomic E-state index is 0.824. The van der Waals surface area contributed by atoms with Crippen LogP contribution in [-0.2, 0) is 109 Å². The van der Waals surface area contributed by atoms with E-state index in [1.807, 2.05) is 0 Å². The number of amides is 2. The van der Waals surface area contributed by atoms with E-state index in [0.717, 1.165) is 13.8 Å². The molecule has 744 valence electrons.